The van der Waals surface area contributed by atoms with Crippen LogP contribution in [0.25, 0.3) is 22.1 Å². The number of nitrogens with two attached hydrogens (primary N) is 1. The predicted molar refractivity (Wildman–Crippen MR) is 114 cm³/mol. The van der Waals surface area contributed by atoms with Gasteiger partial charge in [-0.15, -0.1) is 11.3 Å². The van der Waals surface area contributed by atoms with Gasteiger partial charge in [0.25, 0.3) is 0 Å². The van der Waals surface area contributed by atoms with E-state index in [0.717, 1.165) is 9.87 Å². The summed E-state index contributed by atoms with van der Waals surface area (Å²) in [4.78, 5) is 5.70. The van der Waals surface area contributed by atoms with Crippen molar-refractivity contribution in [3.63, 3.8) is 0 Å². The van der Waals surface area contributed by atoms with Crippen molar-refractivity contribution in [2.24, 2.45) is 17.8 Å². The van der Waals surface area contributed by atoms with Gasteiger partial charge in [-0.25, -0.2) is 22.1 Å². The molecule has 0 fully saturated rings. The van der Waals surface area contributed by atoms with Gasteiger partial charge in [-0.05, 0) is 37.3 Å². The molecule has 0 radical (unpaired) electrons. The molecule has 158 valence electrons. The van der Waals surface area contributed by atoms with Crippen LogP contribution in [0.5, 0.6) is 0 Å². The van der Waals surface area contributed by atoms with Crippen molar-refractivity contribution >= 4 is 38.9 Å². The van der Waals surface area contributed by atoms with Crippen LogP contribution in [0, 0.1) is 5.82 Å². The number of aryl methyl sites for hydroxylation is 1. The lowest BCUT2D eigenvalue weighted by Gasteiger charge is -2.33. The fraction of sp³-hybridized carbons (Fsp3) is 0.263. The number of guanidine groups is 1. The molecule has 7 nitrogen and oxygen atoms in total. The second-order valence-electron chi connectivity index (χ2n) is 7.27. The molecule has 0 bridgehead atoms. The van der Waals surface area contributed by atoms with Gasteiger partial charge in [0.2, 0.25) is 27.9 Å². The number of thiophene rings is 1. The number of sulfonamides is 1. The maximum absolute atomic E-state index is 13.2. The van der Waals surface area contributed by atoms with Crippen LogP contribution in [-0.2, 0) is 22.6 Å². The quantitative estimate of drug-likeness (QED) is 0.596. The highest BCUT2D eigenvalue weighted by Crippen LogP contribution is 2.44. The van der Waals surface area contributed by atoms with Gasteiger partial charge >= 0.3 is 5.89 Å². The lowest BCUT2D eigenvalue weighted by atomic mass is 10.0. The van der Waals surface area contributed by atoms with Crippen molar-refractivity contribution in [3.8, 4) is 22.1 Å². The number of hydrogen-bond acceptors (Lipinski definition) is 6. The molecule has 1 aromatic carbocycles. The summed E-state index contributed by atoms with van der Waals surface area (Å²) < 4.78 is 46.9. The average Bonchev–Trinajstić information content (AvgIpc) is 3.23. The number of oxazole rings is 1. The molecule has 1 unspecified atom stereocenters. The summed E-state index contributed by atoms with van der Waals surface area (Å²) in [6.45, 7) is 1.69. The van der Waals surface area contributed by atoms with Crippen molar-refractivity contribution in [3.05, 3.63) is 52.2 Å². The molecule has 3 aromatic rings. The van der Waals surface area contributed by atoms with Crippen molar-refractivity contribution < 1.29 is 21.8 Å². The normalized spacial score (nSPS) is 21.0. The van der Waals surface area contributed by atoms with Crippen LogP contribution in [-0.4, -0.2) is 31.5 Å². The van der Waals surface area contributed by atoms with E-state index in [4.69, 9.17) is 21.8 Å². The highest BCUT2D eigenvalue weighted by Gasteiger charge is 2.42. The first-order valence-electron chi connectivity index (χ1n) is 8.88. The summed E-state index contributed by atoms with van der Waals surface area (Å²) in [6, 6.07) is 7.71. The molecule has 0 saturated carbocycles. The molecule has 0 amide bonds. The fourth-order valence-corrected chi connectivity index (χ4v) is 6.44. The van der Waals surface area contributed by atoms with Gasteiger partial charge in [-0.3, -0.25) is 0 Å². The maximum Gasteiger partial charge on any atom is 0.380 e. The molecule has 1 aliphatic heterocycles. The van der Waals surface area contributed by atoms with E-state index in [0.29, 0.717) is 26.4 Å². The first-order chi connectivity index (χ1) is 14.0. The van der Waals surface area contributed by atoms with Crippen molar-refractivity contribution in [1.29, 1.82) is 0 Å². The third-order valence-corrected chi connectivity index (χ3v) is 8.67. The van der Waals surface area contributed by atoms with E-state index in [1.165, 1.54) is 30.5 Å². The zero-order chi connectivity index (χ0) is 21.8. The van der Waals surface area contributed by atoms with Gasteiger partial charge in [0.05, 0.1) is 26.1 Å². The van der Waals surface area contributed by atoms with E-state index in [9.17, 15) is 12.8 Å². The van der Waals surface area contributed by atoms with E-state index in [1.54, 1.807) is 35.9 Å². The third-order valence-electron chi connectivity index (χ3n) is 4.91. The van der Waals surface area contributed by atoms with Gasteiger partial charge in [0.15, 0.2) is 0 Å². The Balaban J connectivity index is 1.75. The summed E-state index contributed by atoms with van der Waals surface area (Å²) >= 11 is 7.77. The van der Waals surface area contributed by atoms with E-state index in [1.807, 2.05) is 7.05 Å². The molecule has 0 aliphatic carbocycles. The van der Waals surface area contributed by atoms with Gasteiger partial charge in [0.1, 0.15) is 18.4 Å². The van der Waals surface area contributed by atoms with Crippen LogP contribution in [0.2, 0.25) is 5.02 Å². The molecule has 0 spiro atoms. The number of halogens is 2. The number of rotatable bonds is 3. The predicted octanol–water partition coefficient (Wildman–Crippen LogP) is 3.10. The minimum absolute atomic E-state index is 0.0854. The molecule has 2 N–H and O–H groups in total. The maximum atomic E-state index is 13.2. The molecular formula is C19H19ClFN4O3S2+. The molecule has 30 heavy (non-hydrogen) atoms. The molecule has 1 aliphatic rings. The SMILES string of the molecule is CN1C(N)=NC(C)(c2sc(-c3c[n+](C)c(-c4ccc(F)cc4)o3)cc2Cl)CS1(=O)=O. The number of benzene rings is 1. The monoisotopic (exact) mass is 469 g/mol. The summed E-state index contributed by atoms with van der Waals surface area (Å²) in [7, 11) is -0.426. The first kappa shape index (κ1) is 20.8. The Morgan fingerprint density at radius 1 is 1.37 bits per heavy atom. The number of hydrogen-bond donors (Lipinski definition) is 1. The zero-order valence-corrected chi connectivity index (χ0v) is 18.8. The third kappa shape index (κ3) is 3.48. The number of aliphatic imine (C=N–C) groups is 1. The van der Waals surface area contributed by atoms with Gasteiger partial charge in [-0.2, -0.15) is 4.57 Å². The summed E-state index contributed by atoms with van der Waals surface area (Å²) in [6.07, 6.45) is 1.79. The highest BCUT2D eigenvalue weighted by molar-refractivity contribution is 7.89. The molecule has 0 saturated heterocycles. The Morgan fingerprint density at radius 2 is 2.03 bits per heavy atom. The van der Waals surface area contributed by atoms with E-state index in [2.05, 4.69) is 4.99 Å². The zero-order valence-electron chi connectivity index (χ0n) is 16.4. The second-order valence-corrected chi connectivity index (χ2v) is 10.7. The molecule has 11 heteroatoms. The Kier molecular flexibility index (Phi) is 4.91. The Morgan fingerprint density at radius 3 is 2.67 bits per heavy atom. The molecule has 4 rings (SSSR count). The van der Waals surface area contributed by atoms with Crippen LogP contribution in [0.1, 0.15) is 11.8 Å². The summed E-state index contributed by atoms with van der Waals surface area (Å²) in [5.74, 6) is 0.434. The topological polar surface area (TPSA) is 92.8 Å². The van der Waals surface area contributed by atoms with E-state index < -0.39 is 15.6 Å². The largest absolute Gasteiger partial charge is 0.397 e. The summed E-state index contributed by atoms with van der Waals surface area (Å²) in [5.41, 5.74) is 5.46. The van der Waals surface area contributed by atoms with Gasteiger partial charge in [0, 0.05) is 7.05 Å². The Hall–Kier alpha value is -2.43. The summed E-state index contributed by atoms with van der Waals surface area (Å²) in [5, 5.41) is 0.385. The fourth-order valence-electron chi connectivity index (χ4n) is 3.33. The standard InChI is InChI=1S/C19H19ClFN4O3S2/c1-19(10-30(26,27)25(3)18(22)23-19)16-13(20)8-15(29-16)14-9-24(2)17(28-14)11-4-6-12(21)7-5-11/h4-9H,10H2,1-3H3,(H2,22,23)/q+1. The first-order valence-corrected chi connectivity index (χ1v) is 11.7. The number of aromatic nitrogens is 1. The van der Waals surface area contributed by atoms with Gasteiger partial charge in [-0.1, -0.05) is 11.6 Å². The molecular weight excluding hydrogens is 451 g/mol. The van der Waals surface area contributed by atoms with Crippen molar-refractivity contribution in [1.82, 2.24) is 4.31 Å². The number of nitrogens with zero attached hydrogens (tertiary/aromatic N) is 3. The van der Waals surface area contributed by atoms with Crippen LogP contribution in [0.4, 0.5) is 4.39 Å². The van der Waals surface area contributed by atoms with Crippen LogP contribution >= 0.6 is 22.9 Å². The minimum atomic E-state index is -3.61. The lowest BCUT2D eigenvalue weighted by Crippen LogP contribution is -2.50. The highest BCUT2D eigenvalue weighted by atomic mass is 35.5. The van der Waals surface area contributed by atoms with Crippen molar-refractivity contribution in [2.75, 3.05) is 12.8 Å². The minimum Gasteiger partial charge on any atom is -0.397 e. The van der Waals surface area contributed by atoms with Crippen LogP contribution in [0.3, 0.4) is 0 Å². The van der Waals surface area contributed by atoms with E-state index >= 15 is 0 Å². The van der Waals surface area contributed by atoms with Crippen LogP contribution in [0.15, 0.2) is 45.9 Å². The van der Waals surface area contributed by atoms with Gasteiger partial charge < -0.3 is 10.2 Å². The Labute approximate surface area is 182 Å². The van der Waals surface area contributed by atoms with E-state index in [-0.39, 0.29) is 17.5 Å². The van der Waals surface area contributed by atoms with Crippen molar-refractivity contribution in [2.45, 2.75) is 12.5 Å². The molecule has 1 atom stereocenters. The smallest absolute Gasteiger partial charge is 0.380 e. The molecule has 3 heterocycles. The molecule has 2 aromatic heterocycles. The second kappa shape index (κ2) is 7.07. The average molecular weight is 470 g/mol. The van der Waals surface area contributed by atoms with Crippen LogP contribution < -0.4 is 10.3 Å². The Bertz CT molecular complexity index is 1270. The lowest BCUT2D eigenvalue weighted by molar-refractivity contribution is -0.662.